The minimum atomic E-state index is -4.52. The zero-order valence-electron chi connectivity index (χ0n) is 12.2. The topological polar surface area (TPSA) is 58.6 Å². The molecule has 2 aliphatic rings. The van der Waals surface area contributed by atoms with Crippen molar-refractivity contribution in [1.82, 2.24) is 14.9 Å². The number of hydrogen-bond acceptors (Lipinski definition) is 5. The van der Waals surface area contributed by atoms with Crippen LogP contribution in [0.1, 0.15) is 5.69 Å². The third-order valence-corrected chi connectivity index (χ3v) is 3.97. The van der Waals surface area contributed by atoms with Crippen LogP contribution >= 0.6 is 0 Å². The molecule has 2 saturated heterocycles. The Balaban J connectivity index is 1.82. The molecule has 3 rings (SSSR count). The highest BCUT2D eigenvalue weighted by atomic mass is 19.4. The molecule has 1 amide bonds. The van der Waals surface area contributed by atoms with Crippen LogP contribution in [0.3, 0.4) is 0 Å². The highest BCUT2D eigenvalue weighted by Crippen LogP contribution is 2.31. The highest BCUT2D eigenvalue weighted by molar-refractivity contribution is 5.79. The largest absolute Gasteiger partial charge is 0.433 e. The fourth-order valence-corrected chi connectivity index (χ4v) is 2.90. The van der Waals surface area contributed by atoms with E-state index < -0.39 is 11.9 Å². The Morgan fingerprint density at radius 3 is 2.87 bits per heavy atom. The second-order valence-corrected chi connectivity index (χ2v) is 5.42. The number of halogens is 3. The summed E-state index contributed by atoms with van der Waals surface area (Å²) in [4.78, 5) is 22.4. The molecule has 6 nitrogen and oxygen atoms in total. The van der Waals surface area contributed by atoms with E-state index in [-0.39, 0.29) is 30.5 Å². The van der Waals surface area contributed by atoms with Crippen LogP contribution < -0.4 is 4.90 Å². The van der Waals surface area contributed by atoms with Gasteiger partial charge in [-0.3, -0.25) is 4.79 Å². The van der Waals surface area contributed by atoms with E-state index in [2.05, 4.69) is 16.5 Å². The molecule has 2 atom stereocenters. The zero-order chi connectivity index (χ0) is 16.6. The van der Waals surface area contributed by atoms with Gasteiger partial charge >= 0.3 is 6.18 Å². The van der Waals surface area contributed by atoms with Gasteiger partial charge in [0.1, 0.15) is 24.4 Å². The number of fused-ring (bicyclic) bond motifs is 1. The van der Waals surface area contributed by atoms with Crippen molar-refractivity contribution < 1.29 is 22.7 Å². The predicted octanol–water partition coefficient (Wildman–Crippen LogP) is 1.10. The molecule has 3 heterocycles. The van der Waals surface area contributed by atoms with E-state index in [1.54, 1.807) is 15.9 Å². The predicted molar refractivity (Wildman–Crippen MR) is 74.7 cm³/mol. The lowest BCUT2D eigenvalue weighted by Crippen LogP contribution is -2.53. The molecule has 23 heavy (non-hydrogen) atoms. The molecule has 0 aromatic carbocycles. The first kappa shape index (κ1) is 15.7. The molecule has 9 heteroatoms. The number of ether oxygens (including phenoxy) is 1. The fraction of sp³-hybridized carbons (Fsp3) is 0.500. The number of morpholine rings is 1. The molecular weight excluding hydrogens is 313 g/mol. The molecule has 0 unspecified atom stereocenters. The summed E-state index contributed by atoms with van der Waals surface area (Å²) < 4.78 is 43.8. The molecule has 0 aliphatic carbocycles. The first-order valence-corrected chi connectivity index (χ1v) is 7.06. The van der Waals surface area contributed by atoms with Gasteiger partial charge in [-0.1, -0.05) is 6.08 Å². The lowest BCUT2D eigenvalue weighted by atomic mass is 10.1. The SMILES string of the molecule is C=CCN1C(=O)CO[C@@H]2CN(c3cc(C(F)(F)F)ncn3)C[C@H]21. The summed E-state index contributed by atoms with van der Waals surface area (Å²) in [5.41, 5.74) is -0.989. The maximum atomic E-state index is 12.8. The van der Waals surface area contributed by atoms with Crippen molar-refractivity contribution in [3.05, 3.63) is 30.7 Å². The average molecular weight is 328 g/mol. The molecular formula is C14H15F3N4O2. The second kappa shape index (κ2) is 5.80. The summed E-state index contributed by atoms with van der Waals surface area (Å²) in [5.74, 6) is 0.0306. The first-order chi connectivity index (χ1) is 10.9. The standard InChI is InChI=1S/C14H15F3N4O2/c1-2-3-21-9-5-20(6-10(9)23-7-13(21)22)12-4-11(14(15,16)17)18-8-19-12/h2,4,8-10H,1,3,5-7H2/t9-,10-/m1/s1. The Labute approximate surface area is 130 Å². The third kappa shape index (κ3) is 3.00. The number of nitrogens with zero attached hydrogens (tertiary/aromatic N) is 4. The fourth-order valence-electron chi connectivity index (χ4n) is 2.90. The van der Waals surface area contributed by atoms with Crippen molar-refractivity contribution >= 4 is 11.7 Å². The molecule has 0 saturated carbocycles. The Morgan fingerprint density at radius 2 is 2.17 bits per heavy atom. The molecule has 0 radical (unpaired) electrons. The number of rotatable bonds is 3. The van der Waals surface area contributed by atoms with Crippen LogP contribution in [0.4, 0.5) is 19.0 Å². The Hall–Kier alpha value is -2.16. The van der Waals surface area contributed by atoms with Crippen LogP contribution in [-0.2, 0) is 15.7 Å². The van der Waals surface area contributed by atoms with Gasteiger partial charge in [0.2, 0.25) is 5.91 Å². The summed E-state index contributed by atoms with van der Waals surface area (Å²) in [6, 6.07) is 0.690. The Kier molecular flexibility index (Phi) is 3.97. The Bertz CT molecular complexity index is 622. The average Bonchev–Trinajstić information content (AvgIpc) is 2.94. The van der Waals surface area contributed by atoms with Gasteiger partial charge in [-0.25, -0.2) is 9.97 Å². The number of hydrogen-bond donors (Lipinski definition) is 0. The number of amides is 1. The van der Waals surface area contributed by atoms with Crippen molar-refractivity contribution in [2.75, 3.05) is 31.1 Å². The van der Waals surface area contributed by atoms with Crippen LogP contribution in [-0.4, -0.2) is 59.2 Å². The summed E-state index contributed by atoms with van der Waals surface area (Å²) in [6.07, 6.45) is -2.26. The maximum Gasteiger partial charge on any atom is 0.433 e. The lowest BCUT2D eigenvalue weighted by molar-refractivity contribution is -0.151. The molecule has 0 bridgehead atoms. The van der Waals surface area contributed by atoms with Gasteiger partial charge in [-0.15, -0.1) is 6.58 Å². The lowest BCUT2D eigenvalue weighted by Gasteiger charge is -2.35. The number of alkyl halides is 3. The maximum absolute atomic E-state index is 12.8. The highest BCUT2D eigenvalue weighted by Gasteiger charge is 2.43. The van der Waals surface area contributed by atoms with Crippen LogP contribution in [0, 0.1) is 0 Å². The van der Waals surface area contributed by atoms with E-state index >= 15 is 0 Å². The van der Waals surface area contributed by atoms with Crippen molar-refractivity contribution in [2.45, 2.75) is 18.3 Å². The first-order valence-electron chi connectivity index (χ1n) is 7.06. The molecule has 0 N–H and O–H groups in total. The van der Waals surface area contributed by atoms with Gasteiger partial charge in [0.25, 0.3) is 0 Å². The second-order valence-electron chi connectivity index (χ2n) is 5.42. The van der Waals surface area contributed by atoms with E-state index in [1.165, 1.54) is 0 Å². The van der Waals surface area contributed by atoms with Crippen molar-refractivity contribution in [2.24, 2.45) is 0 Å². The Morgan fingerprint density at radius 1 is 1.39 bits per heavy atom. The van der Waals surface area contributed by atoms with Gasteiger partial charge in [0.15, 0.2) is 0 Å². The zero-order valence-corrected chi connectivity index (χ0v) is 12.2. The third-order valence-electron chi connectivity index (χ3n) is 3.97. The summed E-state index contributed by atoms with van der Waals surface area (Å²) in [7, 11) is 0. The van der Waals surface area contributed by atoms with Gasteiger partial charge in [-0.2, -0.15) is 13.2 Å². The van der Waals surface area contributed by atoms with Gasteiger partial charge in [-0.05, 0) is 0 Å². The molecule has 2 aliphatic heterocycles. The van der Waals surface area contributed by atoms with E-state index in [0.717, 1.165) is 12.4 Å². The summed E-state index contributed by atoms with van der Waals surface area (Å²) >= 11 is 0. The number of anilines is 1. The van der Waals surface area contributed by atoms with Crippen LogP contribution in [0.2, 0.25) is 0 Å². The van der Waals surface area contributed by atoms with Crippen LogP contribution in [0.15, 0.2) is 25.0 Å². The number of carbonyl (C=O) groups excluding carboxylic acids is 1. The molecule has 0 spiro atoms. The van der Waals surface area contributed by atoms with Gasteiger partial charge in [0, 0.05) is 25.7 Å². The van der Waals surface area contributed by atoms with Crippen molar-refractivity contribution in [1.29, 1.82) is 0 Å². The molecule has 1 aromatic heterocycles. The van der Waals surface area contributed by atoms with E-state index in [9.17, 15) is 18.0 Å². The van der Waals surface area contributed by atoms with Gasteiger partial charge < -0.3 is 14.5 Å². The quantitative estimate of drug-likeness (QED) is 0.778. The number of aromatic nitrogens is 2. The summed E-state index contributed by atoms with van der Waals surface area (Å²) in [5, 5.41) is 0. The molecule has 124 valence electrons. The van der Waals surface area contributed by atoms with Crippen LogP contribution in [0.5, 0.6) is 0 Å². The van der Waals surface area contributed by atoms with Crippen molar-refractivity contribution in [3.8, 4) is 0 Å². The monoisotopic (exact) mass is 328 g/mol. The normalized spacial score (nSPS) is 24.7. The minimum Gasteiger partial charge on any atom is -0.364 e. The van der Waals surface area contributed by atoms with Crippen molar-refractivity contribution in [3.63, 3.8) is 0 Å². The van der Waals surface area contributed by atoms with E-state index in [0.29, 0.717) is 19.6 Å². The van der Waals surface area contributed by atoms with Gasteiger partial charge in [0.05, 0.1) is 12.1 Å². The van der Waals surface area contributed by atoms with E-state index in [1.807, 2.05) is 0 Å². The molecule has 1 aromatic rings. The smallest absolute Gasteiger partial charge is 0.364 e. The van der Waals surface area contributed by atoms with E-state index in [4.69, 9.17) is 4.74 Å². The van der Waals surface area contributed by atoms with Crippen LogP contribution in [0.25, 0.3) is 0 Å². The molecule has 2 fully saturated rings. The minimum absolute atomic E-state index is 0.0274. The summed E-state index contributed by atoms with van der Waals surface area (Å²) in [6.45, 7) is 4.72. The number of carbonyl (C=O) groups is 1.